The Balaban J connectivity index is 1.30. The first kappa shape index (κ1) is 20.0. The molecular weight excluding hydrogens is 402 g/mol. The number of esters is 1. The lowest BCUT2D eigenvalue weighted by molar-refractivity contribution is -0.152. The first-order valence-corrected chi connectivity index (χ1v) is 12.9. The number of rotatable bonds is 5. The average molecular weight is 432 g/mol. The van der Waals surface area contributed by atoms with Gasteiger partial charge in [-0.1, -0.05) is 0 Å². The van der Waals surface area contributed by atoms with Crippen molar-refractivity contribution >= 4 is 27.5 Å². The Bertz CT molecular complexity index is 979. The van der Waals surface area contributed by atoms with Gasteiger partial charge in [0.1, 0.15) is 0 Å². The number of sulfonamides is 1. The predicted molar refractivity (Wildman–Crippen MR) is 113 cm³/mol. The molecule has 1 heterocycles. The van der Waals surface area contributed by atoms with Gasteiger partial charge in [0.25, 0.3) is 0 Å². The molecule has 0 spiro atoms. The number of fused-ring (bicyclic) bond motifs is 1. The van der Waals surface area contributed by atoms with Gasteiger partial charge in [-0.05, 0) is 93.4 Å². The summed E-state index contributed by atoms with van der Waals surface area (Å²) in [4.78, 5) is 26.1. The van der Waals surface area contributed by atoms with Gasteiger partial charge in [-0.2, -0.15) is 0 Å². The maximum atomic E-state index is 13.4. The molecule has 5 aliphatic rings. The molecule has 7 heteroatoms. The predicted octanol–water partition coefficient (Wildman–Crippen LogP) is 3.34. The minimum atomic E-state index is -3.33. The third-order valence-electron chi connectivity index (χ3n) is 7.78. The molecule has 1 aliphatic heterocycles. The summed E-state index contributed by atoms with van der Waals surface area (Å²) < 4.78 is 30.8. The van der Waals surface area contributed by atoms with Crippen LogP contribution >= 0.6 is 0 Å². The van der Waals surface area contributed by atoms with Crippen molar-refractivity contribution in [2.24, 2.45) is 23.2 Å². The fourth-order valence-corrected chi connectivity index (χ4v) is 7.93. The average Bonchev–Trinajstić information content (AvgIpc) is 3.09. The highest BCUT2D eigenvalue weighted by atomic mass is 32.2. The van der Waals surface area contributed by atoms with Crippen LogP contribution in [0.5, 0.6) is 0 Å². The summed E-state index contributed by atoms with van der Waals surface area (Å²) >= 11 is 0. The van der Waals surface area contributed by atoms with Gasteiger partial charge < -0.3 is 4.74 Å². The maximum absolute atomic E-state index is 13.4. The van der Waals surface area contributed by atoms with E-state index in [9.17, 15) is 18.0 Å². The van der Waals surface area contributed by atoms with Gasteiger partial charge in [-0.25, -0.2) is 13.2 Å². The Labute approximate surface area is 178 Å². The molecule has 1 aromatic carbocycles. The van der Waals surface area contributed by atoms with E-state index in [1.54, 1.807) is 25.1 Å². The molecule has 0 saturated heterocycles. The number of benzene rings is 1. The number of ketones is 1. The summed E-state index contributed by atoms with van der Waals surface area (Å²) in [7, 11) is -3.33. The Hall–Kier alpha value is -1.89. The Morgan fingerprint density at radius 3 is 2.27 bits per heavy atom. The van der Waals surface area contributed by atoms with E-state index in [-0.39, 0.29) is 11.2 Å². The minimum absolute atomic E-state index is 0.0966. The van der Waals surface area contributed by atoms with Crippen LogP contribution in [0.2, 0.25) is 0 Å². The van der Waals surface area contributed by atoms with E-state index in [2.05, 4.69) is 0 Å². The smallest absolute Gasteiger partial charge is 0.338 e. The van der Waals surface area contributed by atoms with Crippen LogP contribution in [0, 0.1) is 23.2 Å². The highest BCUT2D eigenvalue weighted by Crippen LogP contribution is 2.60. The number of hydrogen-bond acceptors (Lipinski definition) is 5. The molecule has 6 rings (SSSR count). The van der Waals surface area contributed by atoms with Crippen LogP contribution in [-0.4, -0.2) is 39.1 Å². The zero-order chi connectivity index (χ0) is 21.3. The lowest BCUT2D eigenvalue weighted by Crippen LogP contribution is -2.52. The van der Waals surface area contributed by atoms with Gasteiger partial charge in [0, 0.05) is 12.0 Å². The van der Waals surface area contributed by atoms with Crippen LogP contribution in [0.25, 0.3) is 0 Å². The molecule has 1 aromatic rings. The van der Waals surface area contributed by atoms with Crippen molar-refractivity contribution in [1.29, 1.82) is 0 Å². The van der Waals surface area contributed by atoms with Crippen LogP contribution in [0.3, 0.4) is 0 Å². The standard InChI is InChI=1S/C23H29NO5S/c1-14(21(25)23-11-15-7-16(12-23)9-17(8-15)13-23)29-22(26)19-3-4-20-18(10-19)5-6-24(20)30(2,27)28/h3-4,10,14-17H,5-9,11-13H2,1-2H3. The minimum Gasteiger partial charge on any atom is -0.451 e. The quantitative estimate of drug-likeness (QED) is 0.668. The summed E-state index contributed by atoms with van der Waals surface area (Å²) in [6.45, 7) is 2.09. The second kappa shape index (κ2) is 6.81. The van der Waals surface area contributed by atoms with E-state index >= 15 is 0 Å². The van der Waals surface area contributed by atoms with E-state index in [1.807, 2.05) is 0 Å². The fraction of sp³-hybridized carbons (Fsp3) is 0.652. The molecule has 4 aliphatic carbocycles. The molecule has 4 saturated carbocycles. The van der Waals surface area contributed by atoms with E-state index in [1.165, 1.54) is 29.8 Å². The fourth-order valence-electron chi connectivity index (χ4n) is 6.97. The first-order chi connectivity index (χ1) is 14.1. The largest absolute Gasteiger partial charge is 0.451 e. The Morgan fingerprint density at radius 2 is 1.70 bits per heavy atom. The zero-order valence-corrected chi connectivity index (χ0v) is 18.4. The van der Waals surface area contributed by atoms with E-state index in [0.29, 0.717) is 42.0 Å². The number of carbonyl (C=O) groups excluding carboxylic acids is 2. The third-order valence-corrected chi connectivity index (χ3v) is 8.96. The van der Waals surface area contributed by atoms with Crippen molar-refractivity contribution in [2.45, 2.75) is 58.0 Å². The van der Waals surface area contributed by atoms with Crippen LogP contribution < -0.4 is 4.31 Å². The van der Waals surface area contributed by atoms with Crippen molar-refractivity contribution in [3.8, 4) is 0 Å². The summed E-state index contributed by atoms with van der Waals surface area (Å²) in [5.74, 6) is 1.58. The van der Waals surface area contributed by atoms with Crippen LogP contribution in [0.15, 0.2) is 18.2 Å². The lowest BCUT2D eigenvalue weighted by atomic mass is 9.48. The highest BCUT2D eigenvalue weighted by Gasteiger charge is 2.55. The molecule has 0 aromatic heterocycles. The zero-order valence-electron chi connectivity index (χ0n) is 17.6. The number of carbonyl (C=O) groups is 2. The van der Waals surface area contributed by atoms with Gasteiger partial charge in [0.2, 0.25) is 10.0 Å². The second-order valence-electron chi connectivity index (χ2n) is 10.0. The van der Waals surface area contributed by atoms with Gasteiger partial charge in [-0.15, -0.1) is 0 Å². The van der Waals surface area contributed by atoms with Crippen molar-refractivity contribution in [3.63, 3.8) is 0 Å². The first-order valence-electron chi connectivity index (χ1n) is 11.0. The van der Waals surface area contributed by atoms with E-state index < -0.39 is 22.1 Å². The van der Waals surface area contributed by atoms with E-state index in [4.69, 9.17) is 4.74 Å². The molecule has 6 nitrogen and oxygen atoms in total. The van der Waals surface area contributed by atoms with E-state index in [0.717, 1.165) is 24.8 Å². The molecule has 0 radical (unpaired) electrons. The Morgan fingerprint density at radius 1 is 1.10 bits per heavy atom. The highest BCUT2D eigenvalue weighted by molar-refractivity contribution is 7.92. The molecule has 4 bridgehead atoms. The van der Waals surface area contributed by atoms with Crippen molar-refractivity contribution in [1.82, 2.24) is 0 Å². The van der Waals surface area contributed by atoms with Crippen molar-refractivity contribution in [3.05, 3.63) is 29.3 Å². The SMILES string of the molecule is CC(OC(=O)c1ccc2c(c1)CCN2S(C)(=O)=O)C(=O)C12CC3CC(CC(C3)C1)C2. The van der Waals surface area contributed by atoms with Crippen molar-refractivity contribution < 1.29 is 22.7 Å². The summed E-state index contributed by atoms with van der Waals surface area (Å²) in [6, 6.07) is 4.95. The molecule has 162 valence electrons. The summed E-state index contributed by atoms with van der Waals surface area (Å²) in [6.07, 6.45) is 7.66. The Kier molecular flexibility index (Phi) is 4.55. The molecular formula is C23H29NO5S. The lowest BCUT2D eigenvalue weighted by Gasteiger charge is -2.56. The number of hydrogen-bond donors (Lipinski definition) is 0. The molecule has 4 fully saturated rings. The molecule has 30 heavy (non-hydrogen) atoms. The number of Topliss-reactive ketones (excluding diaryl/α,β-unsaturated/α-hetero) is 1. The topological polar surface area (TPSA) is 80.8 Å². The van der Waals surface area contributed by atoms with Crippen LogP contribution in [0.4, 0.5) is 5.69 Å². The van der Waals surface area contributed by atoms with Crippen LogP contribution in [0.1, 0.15) is 61.4 Å². The number of nitrogens with zero attached hydrogens (tertiary/aromatic N) is 1. The van der Waals surface area contributed by atoms with Gasteiger partial charge in [-0.3, -0.25) is 9.10 Å². The second-order valence-corrected chi connectivity index (χ2v) is 11.9. The van der Waals surface area contributed by atoms with Crippen LogP contribution in [-0.2, 0) is 26.0 Å². The summed E-state index contributed by atoms with van der Waals surface area (Å²) in [5, 5.41) is 0. The summed E-state index contributed by atoms with van der Waals surface area (Å²) in [5.41, 5.74) is 1.51. The maximum Gasteiger partial charge on any atom is 0.338 e. The normalized spacial score (nSPS) is 32.7. The van der Waals surface area contributed by atoms with Gasteiger partial charge in [0.05, 0.1) is 17.5 Å². The third kappa shape index (κ3) is 3.26. The monoisotopic (exact) mass is 431 g/mol. The molecule has 0 N–H and O–H groups in total. The number of ether oxygens (including phenoxy) is 1. The number of anilines is 1. The molecule has 1 atom stereocenters. The van der Waals surface area contributed by atoms with Gasteiger partial charge in [0.15, 0.2) is 11.9 Å². The van der Waals surface area contributed by atoms with Gasteiger partial charge >= 0.3 is 5.97 Å². The molecule has 0 amide bonds. The molecule has 1 unspecified atom stereocenters. The van der Waals surface area contributed by atoms with Crippen molar-refractivity contribution in [2.75, 3.05) is 17.1 Å².